The summed E-state index contributed by atoms with van der Waals surface area (Å²) in [5, 5.41) is 0. The molecule has 1 amide bonds. The maximum Gasteiger partial charge on any atom is 0.338 e. The second-order valence-corrected chi connectivity index (χ2v) is 9.88. The Morgan fingerprint density at radius 1 is 0.966 bits per heavy atom. The molecule has 0 radical (unpaired) electrons. The van der Waals surface area contributed by atoms with Crippen molar-refractivity contribution in [2.75, 3.05) is 19.7 Å². The SMILES string of the molecule is C[C@@H]1CCCCN1C(=O)COC(=O)c1ccc(S(=O)(=O)N2CCCC[C@@H]2C)cc1. The van der Waals surface area contributed by atoms with Crippen LogP contribution >= 0.6 is 0 Å². The molecule has 2 atom stereocenters. The Bertz CT molecular complexity index is 837. The predicted octanol–water partition coefficient (Wildman–Crippen LogP) is 2.81. The highest BCUT2D eigenvalue weighted by molar-refractivity contribution is 7.89. The number of likely N-dealkylation sites (tertiary alicyclic amines) is 1. The number of carbonyl (C=O) groups excluding carboxylic acids is 2. The van der Waals surface area contributed by atoms with Crippen molar-refractivity contribution in [1.29, 1.82) is 0 Å². The number of hydrogen-bond donors (Lipinski definition) is 0. The van der Waals surface area contributed by atoms with E-state index >= 15 is 0 Å². The Hall–Kier alpha value is -1.93. The number of ether oxygens (including phenoxy) is 1. The summed E-state index contributed by atoms with van der Waals surface area (Å²) in [5.41, 5.74) is 0.232. The molecule has 2 aliphatic heterocycles. The van der Waals surface area contributed by atoms with E-state index in [1.54, 1.807) is 4.90 Å². The molecule has 29 heavy (non-hydrogen) atoms. The molecule has 0 unspecified atom stereocenters. The third-order valence-electron chi connectivity index (χ3n) is 5.89. The van der Waals surface area contributed by atoms with E-state index in [4.69, 9.17) is 4.74 Å². The van der Waals surface area contributed by atoms with Gasteiger partial charge in [-0.05, 0) is 70.2 Å². The van der Waals surface area contributed by atoms with Crippen molar-refractivity contribution >= 4 is 21.9 Å². The summed E-state index contributed by atoms with van der Waals surface area (Å²) >= 11 is 0. The normalized spacial score (nSPS) is 23.6. The number of carbonyl (C=O) groups is 2. The Balaban J connectivity index is 1.60. The highest BCUT2D eigenvalue weighted by atomic mass is 32.2. The van der Waals surface area contributed by atoms with Crippen molar-refractivity contribution < 1.29 is 22.7 Å². The van der Waals surface area contributed by atoms with E-state index in [0.717, 1.165) is 38.5 Å². The third kappa shape index (κ3) is 4.98. The van der Waals surface area contributed by atoms with Gasteiger partial charge in [0.1, 0.15) is 0 Å². The first kappa shape index (κ1) is 21.8. The van der Waals surface area contributed by atoms with Crippen LogP contribution in [-0.4, -0.2) is 61.3 Å². The van der Waals surface area contributed by atoms with Gasteiger partial charge in [-0.2, -0.15) is 4.31 Å². The van der Waals surface area contributed by atoms with Crippen molar-refractivity contribution in [3.8, 4) is 0 Å². The molecule has 2 saturated heterocycles. The van der Waals surface area contributed by atoms with Crippen LogP contribution < -0.4 is 0 Å². The molecule has 8 heteroatoms. The van der Waals surface area contributed by atoms with Gasteiger partial charge in [0.25, 0.3) is 5.91 Å². The van der Waals surface area contributed by atoms with Crippen LogP contribution in [0.5, 0.6) is 0 Å². The fraction of sp³-hybridized carbons (Fsp3) is 0.619. The third-order valence-corrected chi connectivity index (χ3v) is 7.92. The Morgan fingerprint density at radius 3 is 2.21 bits per heavy atom. The van der Waals surface area contributed by atoms with E-state index in [2.05, 4.69) is 0 Å². The first-order valence-electron chi connectivity index (χ1n) is 10.4. The number of hydrogen-bond acceptors (Lipinski definition) is 5. The van der Waals surface area contributed by atoms with Gasteiger partial charge < -0.3 is 9.64 Å². The number of piperidine rings is 2. The first-order valence-corrected chi connectivity index (χ1v) is 11.8. The summed E-state index contributed by atoms with van der Waals surface area (Å²) < 4.78 is 32.4. The lowest BCUT2D eigenvalue weighted by molar-refractivity contribution is -0.137. The molecule has 1 aromatic carbocycles. The van der Waals surface area contributed by atoms with Crippen LogP contribution in [0.4, 0.5) is 0 Å². The van der Waals surface area contributed by atoms with Gasteiger partial charge >= 0.3 is 5.97 Å². The van der Waals surface area contributed by atoms with Gasteiger partial charge in [-0.1, -0.05) is 6.42 Å². The van der Waals surface area contributed by atoms with Crippen molar-refractivity contribution in [3.05, 3.63) is 29.8 Å². The van der Waals surface area contributed by atoms with Gasteiger partial charge in [0.05, 0.1) is 10.5 Å². The molecule has 0 aliphatic carbocycles. The number of sulfonamides is 1. The summed E-state index contributed by atoms with van der Waals surface area (Å²) in [6.45, 7) is 4.84. The number of rotatable bonds is 5. The van der Waals surface area contributed by atoms with Gasteiger partial charge in [-0.3, -0.25) is 4.79 Å². The fourth-order valence-corrected chi connectivity index (χ4v) is 5.79. The number of benzene rings is 1. The van der Waals surface area contributed by atoms with Crippen molar-refractivity contribution in [1.82, 2.24) is 9.21 Å². The zero-order valence-corrected chi connectivity index (χ0v) is 18.0. The van der Waals surface area contributed by atoms with Gasteiger partial charge in [0.15, 0.2) is 6.61 Å². The molecule has 2 fully saturated rings. The summed E-state index contributed by atoms with van der Waals surface area (Å²) in [4.78, 5) is 26.5. The summed E-state index contributed by atoms with van der Waals surface area (Å²) in [7, 11) is -3.58. The highest BCUT2D eigenvalue weighted by Crippen LogP contribution is 2.25. The van der Waals surface area contributed by atoms with E-state index < -0.39 is 16.0 Å². The van der Waals surface area contributed by atoms with Crippen molar-refractivity contribution in [3.63, 3.8) is 0 Å². The van der Waals surface area contributed by atoms with Crippen LogP contribution in [-0.2, 0) is 19.6 Å². The van der Waals surface area contributed by atoms with E-state index in [1.165, 1.54) is 28.6 Å². The Morgan fingerprint density at radius 2 is 1.59 bits per heavy atom. The average Bonchev–Trinajstić information content (AvgIpc) is 2.72. The topological polar surface area (TPSA) is 84.0 Å². The number of amides is 1. The molecule has 0 spiro atoms. The van der Waals surface area contributed by atoms with Crippen LogP contribution in [0.1, 0.15) is 62.7 Å². The Labute approximate surface area is 173 Å². The maximum atomic E-state index is 12.9. The second-order valence-electron chi connectivity index (χ2n) is 7.99. The van der Waals surface area contributed by atoms with Crippen LogP contribution in [0, 0.1) is 0 Å². The molecule has 1 aromatic rings. The molecular formula is C21H30N2O5S. The quantitative estimate of drug-likeness (QED) is 0.682. The van der Waals surface area contributed by atoms with Gasteiger partial charge in [0, 0.05) is 25.2 Å². The highest BCUT2D eigenvalue weighted by Gasteiger charge is 2.31. The minimum atomic E-state index is -3.58. The zero-order chi connectivity index (χ0) is 21.0. The molecule has 7 nitrogen and oxygen atoms in total. The van der Waals surface area contributed by atoms with Gasteiger partial charge in [-0.15, -0.1) is 0 Å². The summed E-state index contributed by atoms with van der Waals surface area (Å²) in [6.07, 6.45) is 5.79. The fourth-order valence-electron chi connectivity index (χ4n) is 4.09. The molecular weight excluding hydrogens is 392 g/mol. The predicted molar refractivity (Wildman–Crippen MR) is 109 cm³/mol. The molecule has 0 aromatic heterocycles. The van der Waals surface area contributed by atoms with E-state index in [9.17, 15) is 18.0 Å². The first-order chi connectivity index (χ1) is 13.8. The summed E-state index contributed by atoms with van der Waals surface area (Å²) in [5.74, 6) is -0.817. The minimum Gasteiger partial charge on any atom is -0.452 e. The van der Waals surface area contributed by atoms with E-state index in [0.29, 0.717) is 13.1 Å². The molecule has 0 N–H and O–H groups in total. The molecule has 0 bridgehead atoms. The average molecular weight is 423 g/mol. The molecule has 3 rings (SSSR count). The van der Waals surface area contributed by atoms with Crippen LogP contribution in [0.25, 0.3) is 0 Å². The van der Waals surface area contributed by atoms with Crippen molar-refractivity contribution in [2.24, 2.45) is 0 Å². The van der Waals surface area contributed by atoms with E-state index in [1.807, 2.05) is 13.8 Å². The van der Waals surface area contributed by atoms with Crippen LogP contribution in [0.3, 0.4) is 0 Å². The molecule has 0 saturated carbocycles. The van der Waals surface area contributed by atoms with Crippen LogP contribution in [0.2, 0.25) is 0 Å². The smallest absolute Gasteiger partial charge is 0.338 e. The van der Waals surface area contributed by atoms with E-state index in [-0.39, 0.29) is 35.1 Å². The van der Waals surface area contributed by atoms with Gasteiger partial charge in [0.2, 0.25) is 10.0 Å². The largest absolute Gasteiger partial charge is 0.452 e. The molecule has 2 aliphatic rings. The maximum absolute atomic E-state index is 12.9. The summed E-state index contributed by atoms with van der Waals surface area (Å²) in [6, 6.07) is 5.89. The Kier molecular flexibility index (Phi) is 6.95. The monoisotopic (exact) mass is 422 g/mol. The lowest BCUT2D eigenvalue weighted by Gasteiger charge is -2.33. The number of esters is 1. The van der Waals surface area contributed by atoms with Gasteiger partial charge in [-0.25, -0.2) is 13.2 Å². The minimum absolute atomic E-state index is 0.0263. The van der Waals surface area contributed by atoms with Crippen LogP contribution in [0.15, 0.2) is 29.2 Å². The standard InChI is InChI=1S/C21H30N2O5S/c1-16-7-3-5-13-22(16)20(24)15-28-21(25)18-9-11-19(12-10-18)29(26,27)23-14-6-4-8-17(23)2/h9-12,16-17H,3-8,13-15H2,1-2H3/t16-,17+/m1/s1. The second kappa shape index (κ2) is 9.26. The number of nitrogens with zero attached hydrogens (tertiary/aromatic N) is 2. The molecule has 160 valence electrons. The zero-order valence-electron chi connectivity index (χ0n) is 17.2. The molecule has 2 heterocycles. The lowest BCUT2D eigenvalue weighted by atomic mass is 10.0. The lowest BCUT2D eigenvalue weighted by Crippen LogP contribution is -2.44. The van der Waals surface area contributed by atoms with Crippen molar-refractivity contribution in [2.45, 2.75) is 69.4 Å².